The first-order chi connectivity index (χ1) is 11.2. The molecule has 3 aromatic carbocycles. The van der Waals surface area contributed by atoms with Crippen LogP contribution in [0.1, 0.15) is 11.1 Å². The average molecular weight is 364 g/mol. The fourth-order valence-corrected chi connectivity index (χ4v) is 2.98. The number of benzene rings is 3. The zero-order valence-corrected chi connectivity index (χ0v) is 14.2. The van der Waals surface area contributed by atoms with Gasteiger partial charge in [0, 0.05) is 15.6 Å². The Bertz CT molecular complexity index is 933. The van der Waals surface area contributed by atoms with Crippen molar-refractivity contribution < 1.29 is 4.74 Å². The van der Waals surface area contributed by atoms with Crippen LogP contribution in [0.25, 0.3) is 22.4 Å². The summed E-state index contributed by atoms with van der Waals surface area (Å²) in [6, 6.07) is 22.1. The molecule has 0 unspecified atom stereocenters. The molecule has 0 fully saturated rings. The van der Waals surface area contributed by atoms with E-state index in [1.165, 1.54) is 0 Å². The second kappa shape index (κ2) is 6.68. The maximum atomic E-state index is 9.66. The second-order valence-corrected chi connectivity index (χ2v) is 6.00. The summed E-state index contributed by atoms with van der Waals surface area (Å²) in [5, 5.41) is 11.8. The van der Waals surface area contributed by atoms with Crippen molar-refractivity contribution in [1.29, 1.82) is 5.26 Å². The van der Waals surface area contributed by atoms with Gasteiger partial charge in [0.1, 0.15) is 5.75 Å². The van der Waals surface area contributed by atoms with E-state index in [1.54, 1.807) is 7.11 Å². The van der Waals surface area contributed by atoms with E-state index in [2.05, 4.69) is 22.0 Å². The molecule has 3 aromatic rings. The van der Waals surface area contributed by atoms with Crippen LogP contribution in [-0.4, -0.2) is 7.11 Å². The van der Waals surface area contributed by atoms with Crippen molar-refractivity contribution in [2.24, 2.45) is 0 Å². The highest BCUT2D eigenvalue weighted by Gasteiger charge is 2.08. The zero-order valence-electron chi connectivity index (χ0n) is 12.6. The molecule has 0 aliphatic heterocycles. The zero-order chi connectivity index (χ0) is 16.2. The van der Waals surface area contributed by atoms with Crippen LogP contribution in [0.2, 0.25) is 0 Å². The molecule has 0 atom stereocenters. The molecule has 0 aliphatic rings. The average Bonchev–Trinajstić information content (AvgIpc) is 2.59. The lowest BCUT2D eigenvalue weighted by molar-refractivity contribution is 0.414. The van der Waals surface area contributed by atoms with Gasteiger partial charge < -0.3 is 4.74 Å². The van der Waals surface area contributed by atoms with Crippen LogP contribution in [0.4, 0.5) is 0 Å². The van der Waals surface area contributed by atoms with Gasteiger partial charge in [0.05, 0.1) is 18.8 Å². The Kier molecular flexibility index (Phi) is 4.45. The highest BCUT2D eigenvalue weighted by Crippen LogP contribution is 2.30. The fourth-order valence-electron chi connectivity index (χ4n) is 2.60. The van der Waals surface area contributed by atoms with Gasteiger partial charge in [-0.15, -0.1) is 0 Å². The van der Waals surface area contributed by atoms with E-state index >= 15 is 0 Å². The molecule has 0 heterocycles. The Morgan fingerprint density at radius 1 is 1.09 bits per heavy atom. The molecule has 23 heavy (non-hydrogen) atoms. The molecule has 112 valence electrons. The molecular formula is C20H14BrNO. The first-order valence-corrected chi connectivity index (χ1v) is 7.95. The number of hydrogen-bond donors (Lipinski definition) is 0. The van der Waals surface area contributed by atoms with Gasteiger partial charge in [-0.05, 0) is 35.0 Å². The number of fused-ring (bicyclic) bond motifs is 1. The normalized spacial score (nSPS) is 11.3. The lowest BCUT2D eigenvalue weighted by Gasteiger charge is -2.08. The molecule has 0 radical (unpaired) electrons. The molecule has 0 aliphatic carbocycles. The molecule has 0 spiro atoms. The Morgan fingerprint density at radius 2 is 1.87 bits per heavy atom. The molecular weight excluding hydrogens is 350 g/mol. The summed E-state index contributed by atoms with van der Waals surface area (Å²) in [5.41, 5.74) is 2.40. The van der Waals surface area contributed by atoms with Crippen molar-refractivity contribution in [3.63, 3.8) is 0 Å². The Hall–Kier alpha value is -2.57. The lowest BCUT2D eigenvalue weighted by atomic mass is 9.97. The second-order valence-electron chi connectivity index (χ2n) is 5.08. The largest absolute Gasteiger partial charge is 0.496 e. The van der Waals surface area contributed by atoms with E-state index in [4.69, 9.17) is 4.74 Å². The quantitative estimate of drug-likeness (QED) is 0.443. The predicted molar refractivity (Wildman–Crippen MR) is 98.1 cm³/mol. The van der Waals surface area contributed by atoms with Gasteiger partial charge in [0.25, 0.3) is 0 Å². The lowest BCUT2D eigenvalue weighted by Crippen LogP contribution is -1.89. The van der Waals surface area contributed by atoms with Gasteiger partial charge in [-0.25, -0.2) is 0 Å². The number of methoxy groups -OCH3 is 1. The van der Waals surface area contributed by atoms with Crippen LogP contribution in [-0.2, 0) is 0 Å². The molecule has 0 aromatic heterocycles. The van der Waals surface area contributed by atoms with Crippen molar-refractivity contribution in [2.75, 3.05) is 7.11 Å². The van der Waals surface area contributed by atoms with Gasteiger partial charge in [0.15, 0.2) is 0 Å². The summed E-state index contributed by atoms with van der Waals surface area (Å²) >= 11 is 3.47. The number of nitriles is 1. The summed E-state index contributed by atoms with van der Waals surface area (Å²) in [4.78, 5) is 0. The van der Waals surface area contributed by atoms with E-state index in [1.807, 2.05) is 66.7 Å². The van der Waals surface area contributed by atoms with Crippen LogP contribution in [0.5, 0.6) is 5.75 Å². The first-order valence-electron chi connectivity index (χ1n) is 7.16. The molecule has 3 rings (SSSR count). The molecule has 0 N–H and O–H groups in total. The van der Waals surface area contributed by atoms with Crippen LogP contribution >= 0.6 is 15.9 Å². The van der Waals surface area contributed by atoms with E-state index in [0.29, 0.717) is 5.57 Å². The highest BCUT2D eigenvalue weighted by molar-refractivity contribution is 9.10. The number of hydrogen-bond acceptors (Lipinski definition) is 2. The number of halogens is 1. The predicted octanol–water partition coefficient (Wildman–Crippen LogP) is 5.68. The third-order valence-corrected chi connectivity index (χ3v) is 4.19. The Balaban J connectivity index is 2.20. The van der Waals surface area contributed by atoms with Gasteiger partial charge in [0.2, 0.25) is 0 Å². The maximum absolute atomic E-state index is 9.66. The minimum absolute atomic E-state index is 0.609. The van der Waals surface area contributed by atoms with Crippen LogP contribution in [0.3, 0.4) is 0 Å². The SMILES string of the molecule is COc1ccc(Br)cc1/C=C(/C#N)c1cccc2ccccc12. The van der Waals surface area contributed by atoms with Crippen LogP contribution < -0.4 is 4.74 Å². The molecule has 3 heteroatoms. The highest BCUT2D eigenvalue weighted by atomic mass is 79.9. The number of ether oxygens (including phenoxy) is 1. The van der Waals surface area contributed by atoms with E-state index < -0.39 is 0 Å². The maximum Gasteiger partial charge on any atom is 0.126 e. The molecule has 0 saturated carbocycles. The van der Waals surface area contributed by atoms with Crippen molar-refractivity contribution >= 4 is 38.4 Å². The summed E-state index contributed by atoms with van der Waals surface area (Å²) < 4.78 is 6.34. The third-order valence-electron chi connectivity index (χ3n) is 3.69. The topological polar surface area (TPSA) is 33.0 Å². The van der Waals surface area contributed by atoms with E-state index in [0.717, 1.165) is 32.1 Å². The van der Waals surface area contributed by atoms with Crippen LogP contribution in [0.15, 0.2) is 65.1 Å². The summed E-state index contributed by atoms with van der Waals surface area (Å²) in [5.74, 6) is 0.737. The van der Waals surface area contributed by atoms with E-state index in [9.17, 15) is 5.26 Å². The van der Waals surface area contributed by atoms with Gasteiger partial charge in [-0.3, -0.25) is 0 Å². The fraction of sp³-hybridized carbons (Fsp3) is 0.0500. The number of nitrogens with zero attached hydrogens (tertiary/aromatic N) is 1. The van der Waals surface area contributed by atoms with Crippen molar-refractivity contribution in [1.82, 2.24) is 0 Å². The standard InChI is InChI=1S/C20H14BrNO/c1-23-20-10-9-17(21)12-15(20)11-16(13-22)19-8-4-6-14-5-2-3-7-18(14)19/h2-12H,1H3/b16-11-. The van der Waals surface area contributed by atoms with Gasteiger partial charge in [-0.1, -0.05) is 58.4 Å². The summed E-state index contributed by atoms with van der Waals surface area (Å²) in [6.07, 6.45) is 1.87. The molecule has 0 saturated heterocycles. The first kappa shape index (κ1) is 15.3. The number of rotatable bonds is 3. The minimum atomic E-state index is 0.609. The van der Waals surface area contributed by atoms with Gasteiger partial charge in [-0.2, -0.15) is 5.26 Å². The molecule has 0 bridgehead atoms. The molecule has 2 nitrogen and oxygen atoms in total. The summed E-state index contributed by atoms with van der Waals surface area (Å²) in [6.45, 7) is 0. The number of allylic oxidation sites excluding steroid dienone is 1. The smallest absolute Gasteiger partial charge is 0.126 e. The van der Waals surface area contributed by atoms with Gasteiger partial charge >= 0.3 is 0 Å². The minimum Gasteiger partial charge on any atom is -0.496 e. The Morgan fingerprint density at radius 3 is 2.65 bits per heavy atom. The monoisotopic (exact) mass is 363 g/mol. The Labute approximate surface area is 143 Å². The van der Waals surface area contributed by atoms with Crippen molar-refractivity contribution in [3.8, 4) is 11.8 Å². The summed E-state index contributed by atoms with van der Waals surface area (Å²) in [7, 11) is 1.63. The third kappa shape index (κ3) is 3.13. The van der Waals surface area contributed by atoms with Crippen LogP contribution in [0, 0.1) is 11.3 Å². The van der Waals surface area contributed by atoms with Crippen molar-refractivity contribution in [2.45, 2.75) is 0 Å². The van der Waals surface area contributed by atoms with Crippen molar-refractivity contribution in [3.05, 3.63) is 76.3 Å². The molecule has 0 amide bonds. The van der Waals surface area contributed by atoms with E-state index in [-0.39, 0.29) is 0 Å².